The van der Waals surface area contributed by atoms with E-state index >= 15 is 0 Å². The Kier molecular flexibility index (Phi) is 5.98. The van der Waals surface area contributed by atoms with Crippen molar-refractivity contribution in [1.29, 1.82) is 0 Å². The van der Waals surface area contributed by atoms with E-state index in [4.69, 9.17) is 4.74 Å². The van der Waals surface area contributed by atoms with E-state index in [1.807, 2.05) is 13.8 Å². The lowest BCUT2D eigenvalue weighted by molar-refractivity contribution is 0.0524. The number of aryl methyl sites for hydroxylation is 1. The molecule has 1 aromatic heterocycles. The van der Waals surface area contributed by atoms with Gasteiger partial charge in [0.1, 0.15) is 5.56 Å². The highest BCUT2D eigenvalue weighted by Gasteiger charge is 2.19. The first-order chi connectivity index (χ1) is 9.01. The number of rotatable bonds is 7. The molecule has 6 heteroatoms. The monoisotopic (exact) mass is 269 g/mol. The van der Waals surface area contributed by atoms with E-state index in [0.717, 1.165) is 5.69 Å². The summed E-state index contributed by atoms with van der Waals surface area (Å²) in [4.78, 5) is 11.8. The van der Waals surface area contributed by atoms with Crippen LogP contribution in [0.4, 0.5) is 0 Å². The molecule has 0 spiro atoms. The van der Waals surface area contributed by atoms with Crippen LogP contribution in [0.1, 0.15) is 36.8 Å². The summed E-state index contributed by atoms with van der Waals surface area (Å²) in [6, 6.07) is -0.00931. The Balaban J connectivity index is 2.77. The van der Waals surface area contributed by atoms with Gasteiger partial charge in [-0.2, -0.15) is 5.10 Å². The highest BCUT2D eigenvalue weighted by Crippen LogP contribution is 2.10. The lowest BCUT2D eigenvalue weighted by Gasteiger charge is -2.20. The lowest BCUT2D eigenvalue weighted by atomic mass is 10.1. The van der Waals surface area contributed by atoms with Crippen molar-refractivity contribution >= 4 is 5.97 Å². The SMILES string of the molecule is CCOC(=O)c1cnn(C)c1CN[C@H](CO)C(C)C. The molecule has 0 aliphatic rings. The highest BCUT2D eigenvalue weighted by atomic mass is 16.5. The first kappa shape index (κ1) is 15.7. The first-order valence-corrected chi connectivity index (χ1v) is 6.53. The fourth-order valence-corrected chi connectivity index (χ4v) is 1.79. The number of hydrogen-bond acceptors (Lipinski definition) is 5. The van der Waals surface area contributed by atoms with Gasteiger partial charge in [0.05, 0.1) is 25.1 Å². The third kappa shape index (κ3) is 4.04. The zero-order valence-electron chi connectivity index (χ0n) is 12.0. The molecule has 0 saturated heterocycles. The molecule has 0 radical (unpaired) electrons. The predicted octanol–water partition coefficient (Wildman–Crippen LogP) is 0.703. The zero-order valence-corrected chi connectivity index (χ0v) is 12.0. The van der Waals surface area contributed by atoms with Crippen molar-refractivity contribution < 1.29 is 14.6 Å². The van der Waals surface area contributed by atoms with Crippen molar-refractivity contribution in [2.45, 2.75) is 33.4 Å². The quantitative estimate of drug-likeness (QED) is 0.713. The minimum Gasteiger partial charge on any atom is -0.462 e. The Morgan fingerprint density at radius 1 is 1.58 bits per heavy atom. The summed E-state index contributed by atoms with van der Waals surface area (Å²) >= 11 is 0. The van der Waals surface area contributed by atoms with Gasteiger partial charge in [0, 0.05) is 19.6 Å². The van der Waals surface area contributed by atoms with E-state index < -0.39 is 0 Å². The molecule has 1 atom stereocenters. The van der Waals surface area contributed by atoms with Crippen LogP contribution in [-0.4, -0.2) is 40.1 Å². The third-order valence-electron chi connectivity index (χ3n) is 3.09. The molecule has 1 rings (SSSR count). The maximum absolute atomic E-state index is 11.8. The summed E-state index contributed by atoms with van der Waals surface area (Å²) in [7, 11) is 1.78. The van der Waals surface area contributed by atoms with Crippen LogP contribution in [0.5, 0.6) is 0 Å². The van der Waals surface area contributed by atoms with Gasteiger partial charge in [0.25, 0.3) is 0 Å². The largest absolute Gasteiger partial charge is 0.462 e. The molecule has 0 aliphatic heterocycles. The third-order valence-corrected chi connectivity index (χ3v) is 3.09. The molecular formula is C13H23N3O3. The first-order valence-electron chi connectivity index (χ1n) is 6.53. The Hall–Kier alpha value is -1.40. The van der Waals surface area contributed by atoms with Gasteiger partial charge in [-0.3, -0.25) is 4.68 Å². The fourth-order valence-electron chi connectivity index (χ4n) is 1.79. The molecule has 2 N–H and O–H groups in total. The Labute approximate surface area is 113 Å². The summed E-state index contributed by atoms with van der Waals surface area (Å²) in [5.74, 6) is -0.0539. The van der Waals surface area contributed by atoms with Crippen LogP contribution in [0.25, 0.3) is 0 Å². The molecule has 0 saturated carbocycles. The smallest absolute Gasteiger partial charge is 0.341 e. The van der Waals surface area contributed by atoms with Crippen molar-refractivity contribution in [3.8, 4) is 0 Å². The normalized spacial score (nSPS) is 12.7. The van der Waals surface area contributed by atoms with Gasteiger partial charge in [-0.1, -0.05) is 13.8 Å². The van der Waals surface area contributed by atoms with Gasteiger partial charge in [0.2, 0.25) is 0 Å². The van der Waals surface area contributed by atoms with Crippen LogP contribution >= 0.6 is 0 Å². The Morgan fingerprint density at radius 2 is 2.26 bits per heavy atom. The van der Waals surface area contributed by atoms with Gasteiger partial charge in [-0.05, 0) is 12.8 Å². The summed E-state index contributed by atoms with van der Waals surface area (Å²) in [5.41, 5.74) is 1.23. The fraction of sp³-hybridized carbons (Fsp3) is 0.692. The number of nitrogens with zero attached hydrogens (tertiary/aromatic N) is 2. The highest BCUT2D eigenvalue weighted by molar-refractivity contribution is 5.90. The van der Waals surface area contributed by atoms with Crippen molar-refractivity contribution in [3.63, 3.8) is 0 Å². The number of aliphatic hydroxyl groups excluding tert-OH is 1. The number of aromatic nitrogens is 2. The number of nitrogens with one attached hydrogen (secondary N) is 1. The number of carbonyl (C=O) groups is 1. The van der Waals surface area contributed by atoms with E-state index in [1.54, 1.807) is 18.7 Å². The summed E-state index contributed by atoms with van der Waals surface area (Å²) in [6.07, 6.45) is 1.51. The van der Waals surface area contributed by atoms with Crippen LogP contribution in [0, 0.1) is 5.92 Å². The van der Waals surface area contributed by atoms with Crippen molar-refractivity contribution in [1.82, 2.24) is 15.1 Å². The molecule has 19 heavy (non-hydrogen) atoms. The number of aliphatic hydroxyl groups is 1. The second kappa shape index (κ2) is 7.25. The molecule has 1 heterocycles. The van der Waals surface area contributed by atoms with E-state index in [1.165, 1.54) is 6.20 Å². The van der Waals surface area contributed by atoms with Gasteiger partial charge in [-0.25, -0.2) is 4.79 Å². The number of esters is 1. The summed E-state index contributed by atoms with van der Waals surface area (Å²) in [5, 5.41) is 16.6. The van der Waals surface area contributed by atoms with Gasteiger partial charge in [0.15, 0.2) is 0 Å². The summed E-state index contributed by atoms with van der Waals surface area (Å²) < 4.78 is 6.64. The van der Waals surface area contributed by atoms with Crippen molar-refractivity contribution in [2.75, 3.05) is 13.2 Å². The minimum atomic E-state index is -0.363. The second-order valence-electron chi connectivity index (χ2n) is 4.76. The lowest BCUT2D eigenvalue weighted by Crippen LogP contribution is -2.37. The average molecular weight is 269 g/mol. The van der Waals surface area contributed by atoms with Crippen LogP contribution in [-0.2, 0) is 18.3 Å². The molecule has 0 fully saturated rings. The molecule has 6 nitrogen and oxygen atoms in total. The van der Waals surface area contributed by atoms with Crippen LogP contribution in [0.3, 0.4) is 0 Å². The van der Waals surface area contributed by atoms with E-state index in [2.05, 4.69) is 10.4 Å². The predicted molar refractivity (Wildman–Crippen MR) is 71.7 cm³/mol. The molecule has 0 amide bonds. The number of hydrogen-bond donors (Lipinski definition) is 2. The maximum atomic E-state index is 11.8. The van der Waals surface area contributed by atoms with Crippen molar-refractivity contribution in [2.24, 2.45) is 13.0 Å². The standard InChI is InChI=1S/C13H23N3O3/c1-5-19-13(18)10-6-15-16(4)12(10)7-14-11(8-17)9(2)3/h6,9,11,14,17H,5,7-8H2,1-4H3/t11-/m1/s1. The second-order valence-corrected chi connectivity index (χ2v) is 4.76. The van der Waals surface area contributed by atoms with Gasteiger partial charge >= 0.3 is 5.97 Å². The number of ether oxygens (including phenoxy) is 1. The van der Waals surface area contributed by atoms with E-state index in [-0.39, 0.29) is 18.6 Å². The molecule has 0 bridgehead atoms. The molecular weight excluding hydrogens is 246 g/mol. The topological polar surface area (TPSA) is 76.4 Å². The van der Waals surface area contributed by atoms with E-state index in [9.17, 15) is 9.90 Å². The molecule has 1 aromatic rings. The average Bonchev–Trinajstić information content (AvgIpc) is 2.72. The van der Waals surface area contributed by atoms with Crippen LogP contribution < -0.4 is 5.32 Å². The summed E-state index contributed by atoms with van der Waals surface area (Å²) in [6.45, 7) is 6.70. The Morgan fingerprint density at radius 3 is 2.79 bits per heavy atom. The maximum Gasteiger partial charge on any atom is 0.341 e. The number of carbonyl (C=O) groups excluding carboxylic acids is 1. The minimum absolute atomic E-state index is 0.00931. The molecule has 108 valence electrons. The van der Waals surface area contributed by atoms with Gasteiger partial charge in [-0.15, -0.1) is 0 Å². The van der Waals surface area contributed by atoms with Crippen molar-refractivity contribution in [3.05, 3.63) is 17.5 Å². The molecule has 0 aromatic carbocycles. The van der Waals surface area contributed by atoms with Gasteiger partial charge < -0.3 is 15.2 Å². The molecule has 0 aliphatic carbocycles. The molecule has 0 unspecified atom stereocenters. The van der Waals surface area contributed by atoms with E-state index in [0.29, 0.717) is 24.6 Å². The zero-order chi connectivity index (χ0) is 14.4. The van der Waals surface area contributed by atoms with Crippen LogP contribution in [0.15, 0.2) is 6.20 Å². The Bertz CT molecular complexity index is 415. The van der Waals surface area contributed by atoms with Crippen LogP contribution in [0.2, 0.25) is 0 Å².